The van der Waals surface area contributed by atoms with E-state index in [0.717, 1.165) is 5.69 Å². The highest BCUT2D eigenvalue weighted by molar-refractivity contribution is 7.91. The minimum absolute atomic E-state index is 0.0148. The molecule has 1 unspecified atom stereocenters. The SMILES string of the molecule is Cc1cc(C)cc(NCCC(=O)N(C)C2CCS(=O)(=O)C2)c1. The van der Waals surface area contributed by atoms with Gasteiger partial charge in [-0.1, -0.05) is 6.07 Å². The molecule has 1 atom stereocenters. The first-order valence-corrected chi connectivity index (χ1v) is 9.37. The van der Waals surface area contributed by atoms with Crippen LogP contribution in [-0.2, 0) is 14.6 Å². The van der Waals surface area contributed by atoms with Gasteiger partial charge in [0.25, 0.3) is 0 Å². The number of carbonyl (C=O) groups is 1. The molecule has 0 aliphatic carbocycles. The molecule has 22 heavy (non-hydrogen) atoms. The van der Waals surface area contributed by atoms with Gasteiger partial charge in [-0.3, -0.25) is 4.79 Å². The van der Waals surface area contributed by atoms with E-state index in [2.05, 4.69) is 11.4 Å². The Kier molecular flexibility index (Phi) is 5.11. The molecular formula is C16H24N2O3S. The van der Waals surface area contributed by atoms with E-state index in [1.165, 1.54) is 11.1 Å². The average Bonchev–Trinajstić information content (AvgIpc) is 2.77. The molecule has 6 heteroatoms. The van der Waals surface area contributed by atoms with E-state index in [1.807, 2.05) is 26.0 Å². The van der Waals surface area contributed by atoms with E-state index in [1.54, 1.807) is 11.9 Å². The molecule has 0 radical (unpaired) electrons. The molecule has 2 rings (SSSR count). The van der Waals surface area contributed by atoms with Crippen LogP contribution >= 0.6 is 0 Å². The Labute approximate surface area is 132 Å². The van der Waals surface area contributed by atoms with E-state index < -0.39 is 9.84 Å². The topological polar surface area (TPSA) is 66.5 Å². The van der Waals surface area contributed by atoms with Crippen LogP contribution in [0.5, 0.6) is 0 Å². The predicted molar refractivity (Wildman–Crippen MR) is 88.9 cm³/mol. The fourth-order valence-electron chi connectivity index (χ4n) is 2.85. The summed E-state index contributed by atoms with van der Waals surface area (Å²) in [5.41, 5.74) is 3.38. The summed E-state index contributed by atoms with van der Waals surface area (Å²) in [6, 6.07) is 6.03. The first-order chi connectivity index (χ1) is 10.3. The number of benzene rings is 1. The summed E-state index contributed by atoms with van der Waals surface area (Å²) in [5.74, 6) is 0.273. The lowest BCUT2D eigenvalue weighted by Gasteiger charge is -2.23. The van der Waals surface area contributed by atoms with E-state index in [9.17, 15) is 13.2 Å². The van der Waals surface area contributed by atoms with Gasteiger partial charge in [-0.25, -0.2) is 8.42 Å². The van der Waals surface area contributed by atoms with Crippen molar-refractivity contribution < 1.29 is 13.2 Å². The van der Waals surface area contributed by atoms with Crippen LogP contribution in [0.3, 0.4) is 0 Å². The second-order valence-corrected chi connectivity index (χ2v) is 8.34. The monoisotopic (exact) mass is 324 g/mol. The molecular weight excluding hydrogens is 300 g/mol. The summed E-state index contributed by atoms with van der Waals surface area (Å²) in [5, 5.41) is 3.25. The summed E-state index contributed by atoms with van der Waals surface area (Å²) >= 11 is 0. The molecule has 1 aliphatic heterocycles. The fraction of sp³-hybridized carbons (Fsp3) is 0.562. The normalized spacial score (nSPS) is 19.9. The second kappa shape index (κ2) is 6.69. The maximum absolute atomic E-state index is 12.2. The molecule has 1 aromatic rings. The van der Waals surface area contributed by atoms with Gasteiger partial charge in [-0.2, -0.15) is 0 Å². The van der Waals surface area contributed by atoms with Gasteiger partial charge in [0.1, 0.15) is 0 Å². The molecule has 0 bridgehead atoms. The Balaban J connectivity index is 1.82. The van der Waals surface area contributed by atoms with Gasteiger partial charge in [0.2, 0.25) is 5.91 Å². The van der Waals surface area contributed by atoms with Crippen molar-refractivity contribution in [1.82, 2.24) is 4.90 Å². The van der Waals surface area contributed by atoms with Crippen LogP contribution in [0, 0.1) is 13.8 Å². The van der Waals surface area contributed by atoms with Gasteiger partial charge < -0.3 is 10.2 Å². The highest BCUT2D eigenvalue weighted by Crippen LogP contribution is 2.17. The molecule has 1 amide bonds. The number of anilines is 1. The number of nitrogens with zero attached hydrogens (tertiary/aromatic N) is 1. The van der Waals surface area contributed by atoms with Crippen LogP contribution in [0.4, 0.5) is 5.69 Å². The van der Waals surface area contributed by atoms with Crippen LogP contribution in [-0.4, -0.2) is 50.4 Å². The first kappa shape index (κ1) is 16.8. The number of aryl methyl sites for hydroxylation is 2. The van der Waals surface area contributed by atoms with Crippen molar-refractivity contribution in [3.8, 4) is 0 Å². The van der Waals surface area contributed by atoms with E-state index in [-0.39, 0.29) is 23.5 Å². The van der Waals surface area contributed by atoms with Crippen molar-refractivity contribution in [2.75, 3.05) is 30.4 Å². The number of nitrogens with one attached hydrogen (secondary N) is 1. The Morgan fingerprint density at radius 3 is 2.45 bits per heavy atom. The molecule has 0 saturated carbocycles. The van der Waals surface area contributed by atoms with Gasteiger partial charge in [-0.15, -0.1) is 0 Å². The molecule has 0 aromatic heterocycles. The lowest BCUT2D eigenvalue weighted by molar-refractivity contribution is -0.131. The molecule has 1 heterocycles. The van der Waals surface area contributed by atoms with Gasteiger partial charge in [-0.05, 0) is 43.5 Å². The van der Waals surface area contributed by atoms with Crippen LogP contribution in [0.1, 0.15) is 24.0 Å². The van der Waals surface area contributed by atoms with Crippen LogP contribution in [0.2, 0.25) is 0 Å². The number of rotatable bonds is 5. The van der Waals surface area contributed by atoms with E-state index in [4.69, 9.17) is 0 Å². The molecule has 5 nitrogen and oxygen atoms in total. The lowest BCUT2D eigenvalue weighted by Crippen LogP contribution is -2.38. The maximum Gasteiger partial charge on any atom is 0.224 e. The van der Waals surface area contributed by atoms with Crippen molar-refractivity contribution in [3.05, 3.63) is 29.3 Å². The summed E-state index contributed by atoms with van der Waals surface area (Å²) < 4.78 is 23.0. The Bertz CT molecular complexity index is 635. The number of carbonyl (C=O) groups excluding carboxylic acids is 1. The van der Waals surface area contributed by atoms with Crippen LogP contribution in [0.15, 0.2) is 18.2 Å². The zero-order chi connectivity index (χ0) is 16.3. The van der Waals surface area contributed by atoms with Gasteiger partial charge in [0.05, 0.1) is 11.5 Å². The van der Waals surface area contributed by atoms with E-state index >= 15 is 0 Å². The summed E-state index contributed by atoms with van der Waals surface area (Å²) in [6.07, 6.45) is 0.912. The van der Waals surface area contributed by atoms with Gasteiger partial charge >= 0.3 is 0 Å². The van der Waals surface area contributed by atoms with Crippen molar-refractivity contribution in [2.24, 2.45) is 0 Å². The third kappa shape index (κ3) is 4.47. The second-order valence-electron chi connectivity index (χ2n) is 6.11. The molecule has 1 aromatic carbocycles. The minimum atomic E-state index is -2.96. The van der Waals surface area contributed by atoms with Crippen LogP contribution in [0.25, 0.3) is 0 Å². The molecule has 1 N–H and O–H groups in total. The molecule has 1 fully saturated rings. The highest BCUT2D eigenvalue weighted by atomic mass is 32.2. The quantitative estimate of drug-likeness (QED) is 0.896. The maximum atomic E-state index is 12.2. The zero-order valence-electron chi connectivity index (χ0n) is 13.4. The van der Waals surface area contributed by atoms with Crippen molar-refractivity contribution >= 4 is 21.4 Å². The Morgan fingerprint density at radius 1 is 1.27 bits per heavy atom. The Morgan fingerprint density at radius 2 is 1.91 bits per heavy atom. The highest BCUT2D eigenvalue weighted by Gasteiger charge is 2.32. The smallest absolute Gasteiger partial charge is 0.224 e. The van der Waals surface area contributed by atoms with E-state index in [0.29, 0.717) is 19.4 Å². The van der Waals surface area contributed by atoms with Gasteiger partial charge in [0.15, 0.2) is 9.84 Å². The van der Waals surface area contributed by atoms with Crippen molar-refractivity contribution in [1.29, 1.82) is 0 Å². The average molecular weight is 324 g/mol. The predicted octanol–water partition coefficient (Wildman–Crippen LogP) is 1.75. The van der Waals surface area contributed by atoms with Crippen molar-refractivity contribution in [2.45, 2.75) is 32.7 Å². The summed E-state index contributed by atoms with van der Waals surface area (Å²) in [4.78, 5) is 13.7. The van der Waals surface area contributed by atoms with Gasteiger partial charge in [0, 0.05) is 31.7 Å². The standard InChI is InChI=1S/C16H24N2O3S/c1-12-8-13(2)10-14(9-12)17-6-4-16(19)18(3)15-5-7-22(20,21)11-15/h8-10,15,17H,4-7,11H2,1-3H3. The third-order valence-electron chi connectivity index (χ3n) is 4.04. The molecule has 0 spiro atoms. The number of hydrogen-bond donors (Lipinski definition) is 1. The Hall–Kier alpha value is -1.56. The largest absolute Gasteiger partial charge is 0.385 e. The summed E-state index contributed by atoms with van der Waals surface area (Å²) in [7, 11) is -1.26. The molecule has 1 saturated heterocycles. The number of sulfone groups is 1. The number of hydrogen-bond acceptors (Lipinski definition) is 4. The minimum Gasteiger partial charge on any atom is -0.385 e. The third-order valence-corrected chi connectivity index (χ3v) is 5.79. The first-order valence-electron chi connectivity index (χ1n) is 7.55. The van der Waals surface area contributed by atoms with Crippen LogP contribution < -0.4 is 5.32 Å². The van der Waals surface area contributed by atoms with Crippen molar-refractivity contribution in [3.63, 3.8) is 0 Å². The molecule has 1 aliphatic rings. The zero-order valence-corrected chi connectivity index (χ0v) is 14.2. The number of amides is 1. The molecule has 122 valence electrons. The summed E-state index contributed by atoms with van der Waals surface area (Å²) in [6.45, 7) is 4.63. The lowest BCUT2D eigenvalue weighted by atomic mass is 10.1. The fourth-order valence-corrected chi connectivity index (χ4v) is 4.63.